The van der Waals surface area contributed by atoms with Gasteiger partial charge in [0.15, 0.2) is 0 Å². The number of fused-ring (bicyclic) bond motifs is 19. The SMILES string of the molecule is c1ccc(-n2c3ccccc3c3c(CC(CCc4cccc5c4sc4ccccc45)c4cccc5c4oc4ccccc45)cccc32)c(-c2ccc3c(c2)-c2ccccc2C32c3ccccc3-c3ccccc32)c1. The molecule has 74 heavy (non-hydrogen) atoms. The minimum absolute atomic E-state index is 0.181. The van der Waals surface area contributed by atoms with E-state index in [-0.39, 0.29) is 11.3 Å². The van der Waals surface area contributed by atoms with Crippen molar-refractivity contribution in [2.45, 2.75) is 30.6 Å². The van der Waals surface area contributed by atoms with Crippen LogP contribution in [0.5, 0.6) is 0 Å². The Morgan fingerprint density at radius 3 is 1.82 bits per heavy atom. The fourth-order valence-electron chi connectivity index (χ4n) is 13.8. The highest BCUT2D eigenvalue weighted by molar-refractivity contribution is 7.26. The molecule has 0 N–H and O–H groups in total. The molecule has 3 aromatic heterocycles. The van der Waals surface area contributed by atoms with Crippen LogP contribution in [0.2, 0.25) is 0 Å². The summed E-state index contributed by atoms with van der Waals surface area (Å²) in [5.74, 6) is 0.181. The van der Waals surface area contributed by atoms with Gasteiger partial charge in [0, 0.05) is 47.3 Å². The van der Waals surface area contributed by atoms with E-state index in [2.05, 4.69) is 247 Å². The molecule has 1 atom stereocenters. The standard InChI is InChI=1S/C71H47NOS/c1-8-30-59-50(21-1)51-22-2-9-31-60(51)71(59)61-32-10-3-23-52(61)58-43-46(40-41-62(58)71)48-20-4-11-33-63(48)72-64-34-12-5-26-57(64)68-47(19-16-35-65(68)72)42-45(49-27-17-28-55-53-24-6-13-36-66(53)73-69(49)55)39-38-44-18-15-29-56-54-25-7-14-37-67(54)74-70(44)56/h1-37,40-41,43,45H,38-39,42H2. The Bertz CT molecular complexity index is 4570. The molecule has 3 heterocycles. The third-order valence-electron chi connectivity index (χ3n) is 16.8. The van der Waals surface area contributed by atoms with Crippen LogP contribution in [-0.2, 0) is 18.3 Å². The first kappa shape index (κ1) is 41.8. The summed E-state index contributed by atoms with van der Waals surface area (Å²) in [5, 5.41) is 7.64. The van der Waals surface area contributed by atoms with Gasteiger partial charge in [-0.3, -0.25) is 0 Å². The molecule has 0 aliphatic heterocycles. The Labute approximate surface area is 433 Å². The number of aryl methyl sites for hydroxylation is 1. The Morgan fingerprint density at radius 1 is 0.432 bits per heavy atom. The molecule has 2 nitrogen and oxygen atoms in total. The largest absolute Gasteiger partial charge is 0.456 e. The van der Waals surface area contributed by atoms with E-state index < -0.39 is 0 Å². The Balaban J connectivity index is 0.847. The first-order valence-corrected chi connectivity index (χ1v) is 26.9. The van der Waals surface area contributed by atoms with Gasteiger partial charge in [-0.2, -0.15) is 0 Å². The predicted molar refractivity (Wildman–Crippen MR) is 310 cm³/mol. The minimum atomic E-state index is -0.375. The van der Waals surface area contributed by atoms with Gasteiger partial charge in [0.25, 0.3) is 0 Å². The van der Waals surface area contributed by atoms with Crippen LogP contribution in [0.25, 0.3) is 103 Å². The summed E-state index contributed by atoms with van der Waals surface area (Å²) in [7, 11) is 0. The fourth-order valence-corrected chi connectivity index (χ4v) is 15.0. The van der Waals surface area contributed by atoms with Gasteiger partial charge in [0.05, 0.1) is 22.1 Å². The van der Waals surface area contributed by atoms with Crippen molar-refractivity contribution in [3.05, 3.63) is 282 Å². The van der Waals surface area contributed by atoms with Crippen molar-refractivity contribution < 1.29 is 4.42 Å². The number of benzene rings is 11. The van der Waals surface area contributed by atoms with E-state index in [1.807, 2.05) is 11.3 Å². The molecule has 1 spiro atoms. The molecule has 348 valence electrons. The zero-order chi connectivity index (χ0) is 48.5. The predicted octanol–water partition coefficient (Wildman–Crippen LogP) is 19.0. The Hall–Kier alpha value is -8.76. The first-order chi connectivity index (χ1) is 36.7. The molecule has 0 radical (unpaired) electrons. The molecule has 0 amide bonds. The maximum atomic E-state index is 6.84. The normalized spacial score (nSPS) is 13.6. The number of hydrogen-bond donors (Lipinski definition) is 0. The molecular formula is C71H47NOS. The van der Waals surface area contributed by atoms with E-state index in [1.54, 1.807) is 0 Å². The summed E-state index contributed by atoms with van der Waals surface area (Å²) < 4.78 is 12.1. The number of nitrogens with zero attached hydrogens (tertiary/aromatic N) is 1. The number of hydrogen-bond acceptors (Lipinski definition) is 2. The second kappa shape index (κ2) is 16.1. The van der Waals surface area contributed by atoms with Crippen LogP contribution in [0, 0.1) is 0 Å². The van der Waals surface area contributed by atoms with Gasteiger partial charge in [0.2, 0.25) is 0 Å². The lowest BCUT2D eigenvalue weighted by molar-refractivity contribution is 0.603. The van der Waals surface area contributed by atoms with Crippen molar-refractivity contribution >= 4 is 75.3 Å². The van der Waals surface area contributed by atoms with Gasteiger partial charge in [0.1, 0.15) is 11.2 Å². The molecule has 16 rings (SSSR count). The van der Waals surface area contributed by atoms with Crippen LogP contribution in [-0.4, -0.2) is 4.57 Å². The van der Waals surface area contributed by atoms with Crippen molar-refractivity contribution in [3.63, 3.8) is 0 Å². The van der Waals surface area contributed by atoms with Gasteiger partial charge in [-0.1, -0.05) is 206 Å². The Kier molecular flexibility index (Phi) is 9.11. The molecule has 3 heteroatoms. The lowest BCUT2D eigenvalue weighted by Gasteiger charge is -2.30. The summed E-state index contributed by atoms with van der Waals surface area (Å²) in [6.07, 6.45) is 2.80. The van der Waals surface area contributed by atoms with Crippen LogP contribution in [0.3, 0.4) is 0 Å². The van der Waals surface area contributed by atoms with Crippen LogP contribution in [0.1, 0.15) is 51.3 Å². The van der Waals surface area contributed by atoms with Gasteiger partial charge >= 0.3 is 0 Å². The van der Waals surface area contributed by atoms with Gasteiger partial charge in [-0.05, 0) is 128 Å². The molecule has 0 saturated carbocycles. The second-order valence-corrected chi connectivity index (χ2v) is 21.5. The Morgan fingerprint density at radius 2 is 1.01 bits per heavy atom. The highest BCUT2D eigenvalue weighted by atomic mass is 32.1. The smallest absolute Gasteiger partial charge is 0.138 e. The quantitative estimate of drug-likeness (QED) is 0.148. The average Bonchev–Trinajstić information content (AvgIpc) is 4.27. The second-order valence-electron chi connectivity index (χ2n) is 20.5. The number of thiophene rings is 1. The molecule has 14 aromatic rings. The molecule has 0 fully saturated rings. The van der Waals surface area contributed by atoms with E-state index >= 15 is 0 Å². The first-order valence-electron chi connectivity index (χ1n) is 26.1. The maximum absolute atomic E-state index is 6.84. The number of para-hydroxylation sites is 4. The maximum Gasteiger partial charge on any atom is 0.138 e. The van der Waals surface area contributed by atoms with Gasteiger partial charge in [-0.15, -0.1) is 11.3 Å². The minimum Gasteiger partial charge on any atom is -0.456 e. The molecule has 2 aliphatic rings. The zero-order valence-electron chi connectivity index (χ0n) is 40.6. The average molecular weight is 962 g/mol. The third kappa shape index (κ3) is 5.87. The molecular weight excluding hydrogens is 915 g/mol. The number of aromatic nitrogens is 1. The molecule has 2 aliphatic carbocycles. The van der Waals surface area contributed by atoms with Crippen molar-refractivity contribution in [2.24, 2.45) is 0 Å². The number of rotatable bonds is 8. The molecule has 0 bridgehead atoms. The van der Waals surface area contributed by atoms with E-state index in [4.69, 9.17) is 4.42 Å². The monoisotopic (exact) mass is 961 g/mol. The summed E-state index contributed by atoms with van der Waals surface area (Å²) in [4.78, 5) is 0. The summed E-state index contributed by atoms with van der Waals surface area (Å²) >= 11 is 1.93. The van der Waals surface area contributed by atoms with Crippen molar-refractivity contribution in [2.75, 3.05) is 0 Å². The summed E-state index contributed by atoms with van der Waals surface area (Å²) in [5.41, 5.74) is 22.3. The van der Waals surface area contributed by atoms with Crippen LogP contribution in [0.15, 0.2) is 247 Å². The van der Waals surface area contributed by atoms with Crippen molar-refractivity contribution in [1.82, 2.24) is 4.57 Å². The fraction of sp³-hybridized carbons (Fsp3) is 0.0704. The molecule has 0 saturated heterocycles. The zero-order valence-corrected chi connectivity index (χ0v) is 41.4. The van der Waals surface area contributed by atoms with Gasteiger partial charge < -0.3 is 8.98 Å². The van der Waals surface area contributed by atoms with Crippen molar-refractivity contribution in [1.29, 1.82) is 0 Å². The third-order valence-corrected chi connectivity index (χ3v) is 18.1. The molecule has 1 unspecified atom stereocenters. The highest BCUT2D eigenvalue weighted by Crippen LogP contribution is 2.63. The summed E-state index contributed by atoms with van der Waals surface area (Å²) in [6, 6.07) is 90.7. The lowest BCUT2D eigenvalue weighted by Crippen LogP contribution is -2.25. The van der Waals surface area contributed by atoms with E-state index in [1.165, 1.54) is 131 Å². The van der Waals surface area contributed by atoms with Gasteiger partial charge in [-0.25, -0.2) is 0 Å². The van der Waals surface area contributed by atoms with E-state index in [9.17, 15) is 0 Å². The topological polar surface area (TPSA) is 18.1 Å². The van der Waals surface area contributed by atoms with Crippen LogP contribution >= 0.6 is 11.3 Å². The van der Waals surface area contributed by atoms with Crippen LogP contribution in [0.4, 0.5) is 0 Å². The van der Waals surface area contributed by atoms with E-state index in [0.29, 0.717) is 0 Å². The summed E-state index contributed by atoms with van der Waals surface area (Å²) in [6.45, 7) is 0. The number of furan rings is 1. The van der Waals surface area contributed by atoms with Crippen LogP contribution < -0.4 is 0 Å². The molecule has 11 aromatic carbocycles. The highest BCUT2D eigenvalue weighted by Gasteiger charge is 2.51. The lowest BCUT2D eigenvalue weighted by atomic mass is 9.70. The van der Waals surface area contributed by atoms with E-state index in [0.717, 1.165) is 30.4 Å². The van der Waals surface area contributed by atoms with Crippen molar-refractivity contribution in [3.8, 4) is 39.1 Å².